The van der Waals surface area contributed by atoms with Crippen molar-refractivity contribution in [2.45, 2.75) is 45.3 Å². The van der Waals surface area contributed by atoms with Crippen LogP contribution in [0.2, 0.25) is 0 Å². The fourth-order valence-electron chi connectivity index (χ4n) is 2.29. The third kappa shape index (κ3) is 1.83. The minimum absolute atomic E-state index is 0.0579. The lowest BCUT2D eigenvalue weighted by Gasteiger charge is -2.28. The summed E-state index contributed by atoms with van der Waals surface area (Å²) >= 11 is 0. The highest BCUT2D eigenvalue weighted by atomic mass is 16.6. The second-order valence-electron chi connectivity index (χ2n) is 5.70. The summed E-state index contributed by atoms with van der Waals surface area (Å²) in [5.74, 6) is 0.597. The number of amides is 1. The van der Waals surface area contributed by atoms with Gasteiger partial charge < -0.3 is 4.74 Å². The summed E-state index contributed by atoms with van der Waals surface area (Å²) in [6, 6.07) is 0. The lowest BCUT2D eigenvalue weighted by atomic mass is 10.2. The van der Waals surface area contributed by atoms with Gasteiger partial charge in [0.1, 0.15) is 5.60 Å². The number of nitrogens with one attached hydrogen (secondary N) is 1. The van der Waals surface area contributed by atoms with Gasteiger partial charge in [-0.3, -0.25) is 10.2 Å². The molecule has 0 aromatic rings. The number of ether oxygens (including phenoxy) is 1. The van der Waals surface area contributed by atoms with Gasteiger partial charge in [0.15, 0.2) is 0 Å². The summed E-state index contributed by atoms with van der Waals surface area (Å²) in [5, 5.41) is 3.25. The molecule has 4 nitrogen and oxygen atoms in total. The van der Waals surface area contributed by atoms with E-state index in [-0.39, 0.29) is 11.6 Å². The molecule has 1 N–H and O–H groups in total. The van der Waals surface area contributed by atoms with Gasteiger partial charge in [0, 0.05) is 6.54 Å². The van der Waals surface area contributed by atoms with Crippen LogP contribution in [0.4, 0.5) is 4.79 Å². The zero-order valence-corrected chi connectivity index (χ0v) is 9.96. The van der Waals surface area contributed by atoms with Gasteiger partial charge in [0.05, 0.1) is 12.2 Å². The summed E-state index contributed by atoms with van der Waals surface area (Å²) in [4.78, 5) is 13.8. The largest absolute Gasteiger partial charge is 0.444 e. The molecule has 1 heterocycles. The van der Waals surface area contributed by atoms with Crippen molar-refractivity contribution in [2.75, 3.05) is 13.2 Å². The van der Waals surface area contributed by atoms with E-state index in [0.717, 1.165) is 13.0 Å². The van der Waals surface area contributed by atoms with Crippen molar-refractivity contribution in [3.05, 3.63) is 0 Å². The van der Waals surface area contributed by atoms with Crippen LogP contribution in [0.5, 0.6) is 0 Å². The van der Waals surface area contributed by atoms with Gasteiger partial charge in [-0.1, -0.05) is 6.92 Å². The van der Waals surface area contributed by atoms with Crippen molar-refractivity contribution in [3.8, 4) is 0 Å². The van der Waals surface area contributed by atoms with Crippen LogP contribution in [0.1, 0.15) is 34.1 Å². The Labute approximate surface area is 91.0 Å². The van der Waals surface area contributed by atoms with Gasteiger partial charge in [-0.2, -0.15) is 0 Å². The molecule has 1 saturated heterocycles. The molecule has 1 aliphatic carbocycles. The fourth-order valence-corrected chi connectivity index (χ4v) is 2.29. The summed E-state index contributed by atoms with van der Waals surface area (Å²) in [6.07, 6.45) is 0.913. The minimum Gasteiger partial charge on any atom is -0.444 e. The molecule has 1 aliphatic heterocycles. The molecule has 0 aromatic carbocycles. The van der Waals surface area contributed by atoms with E-state index in [0.29, 0.717) is 12.6 Å². The molecule has 2 unspecified atom stereocenters. The molecule has 2 rings (SSSR count). The number of nitrogens with zero attached hydrogens (tertiary/aromatic N) is 1. The first kappa shape index (κ1) is 10.7. The van der Waals surface area contributed by atoms with E-state index in [2.05, 4.69) is 12.2 Å². The van der Waals surface area contributed by atoms with Gasteiger partial charge in [-0.25, -0.2) is 4.79 Å². The first-order chi connectivity index (χ1) is 6.85. The first-order valence-corrected chi connectivity index (χ1v) is 5.56. The maximum absolute atomic E-state index is 11.9. The Bertz CT molecular complexity index is 285. The Morgan fingerprint density at radius 3 is 2.60 bits per heavy atom. The van der Waals surface area contributed by atoms with E-state index >= 15 is 0 Å². The minimum atomic E-state index is -0.404. The average molecular weight is 212 g/mol. The maximum Gasteiger partial charge on any atom is 0.411 e. The summed E-state index contributed by atoms with van der Waals surface area (Å²) in [6.45, 7) is 9.42. The highest BCUT2D eigenvalue weighted by molar-refractivity contribution is 5.70. The van der Waals surface area contributed by atoms with Gasteiger partial charge in [0.2, 0.25) is 0 Å². The SMILES string of the molecule is CC1CC12CNCN2C(=O)OC(C)(C)C. The molecule has 1 amide bonds. The van der Waals surface area contributed by atoms with E-state index in [4.69, 9.17) is 4.74 Å². The maximum atomic E-state index is 11.9. The van der Waals surface area contributed by atoms with Crippen LogP contribution < -0.4 is 5.32 Å². The number of carbonyl (C=O) groups is 1. The smallest absolute Gasteiger partial charge is 0.411 e. The fraction of sp³-hybridized carbons (Fsp3) is 0.909. The van der Waals surface area contributed by atoms with Crippen LogP contribution in [0.15, 0.2) is 0 Å². The molecular formula is C11H20N2O2. The van der Waals surface area contributed by atoms with Crippen molar-refractivity contribution < 1.29 is 9.53 Å². The van der Waals surface area contributed by atoms with Gasteiger partial charge >= 0.3 is 6.09 Å². The molecule has 86 valence electrons. The number of hydrogen-bond acceptors (Lipinski definition) is 3. The van der Waals surface area contributed by atoms with Gasteiger partial charge in [-0.05, 0) is 33.1 Å². The van der Waals surface area contributed by atoms with E-state index in [1.807, 2.05) is 25.7 Å². The van der Waals surface area contributed by atoms with E-state index in [1.54, 1.807) is 0 Å². The molecule has 15 heavy (non-hydrogen) atoms. The quantitative estimate of drug-likeness (QED) is 0.662. The number of rotatable bonds is 0. The molecule has 1 saturated carbocycles. The molecule has 4 heteroatoms. The Balaban J connectivity index is 2.02. The molecule has 2 fully saturated rings. The van der Waals surface area contributed by atoms with Crippen molar-refractivity contribution in [2.24, 2.45) is 5.92 Å². The highest BCUT2D eigenvalue weighted by Gasteiger charge is 2.60. The predicted molar refractivity (Wildman–Crippen MR) is 57.5 cm³/mol. The molecule has 2 aliphatic rings. The molecular weight excluding hydrogens is 192 g/mol. The topological polar surface area (TPSA) is 41.6 Å². The van der Waals surface area contributed by atoms with Crippen molar-refractivity contribution in [3.63, 3.8) is 0 Å². The van der Waals surface area contributed by atoms with Crippen LogP contribution >= 0.6 is 0 Å². The van der Waals surface area contributed by atoms with Crippen LogP contribution in [-0.2, 0) is 4.74 Å². The zero-order chi connectivity index (χ0) is 11.3. The van der Waals surface area contributed by atoms with E-state index in [9.17, 15) is 4.79 Å². The normalized spacial score (nSPS) is 34.7. The van der Waals surface area contributed by atoms with Crippen LogP contribution in [0.3, 0.4) is 0 Å². The second kappa shape index (κ2) is 3.11. The predicted octanol–water partition coefficient (Wildman–Crippen LogP) is 1.56. The van der Waals surface area contributed by atoms with E-state index < -0.39 is 5.60 Å². The van der Waals surface area contributed by atoms with E-state index in [1.165, 1.54) is 0 Å². The number of hydrogen-bond donors (Lipinski definition) is 1. The van der Waals surface area contributed by atoms with Crippen LogP contribution in [0, 0.1) is 5.92 Å². The van der Waals surface area contributed by atoms with Crippen molar-refractivity contribution in [1.82, 2.24) is 10.2 Å². The molecule has 0 radical (unpaired) electrons. The molecule has 2 atom stereocenters. The summed E-state index contributed by atoms with van der Waals surface area (Å²) in [5.41, 5.74) is -0.346. The molecule has 0 bridgehead atoms. The Morgan fingerprint density at radius 2 is 2.13 bits per heavy atom. The first-order valence-electron chi connectivity index (χ1n) is 5.56. The highest BCUT2D eigenvalue weighted by Crippen LogP contribution is 2.49. The molecule has 0 aromatic heterocycles. The Kier molecular flexibility index (Phi) is 2.23. The van der Waals surface area contributed by atoms with Gasteiger partial charge in [0.25, 0.3) is 0 Å². The van der Waals surface area contributed by atoms with Crippen LogP contribution in [0.25, 0.3) is 0 Å². The Morgan fingerprint density at radius 1 is 1.53 bits per heavy atom. The third-order valence-corrected chi connectivity index (χ3v) is 3.27. The van der Waals surface area contributed by atoms with Gasteiger partial charge in [-0.15, -0.1) is 0 Å². The van der Waals surface area contributed by atoms with Crippen LogP contribution in [-0.4, -0.2) is 35.3 Å². The van der Waals surface area contributed by atoms with Crippen molar-refractivity contribution >= 4 is 6.09 Å². The number of carbonyl (C=O) groups excluding carboxylic acids is 1. The standard InChI is InChI=1S/C11H20N2O2/c1-8-5-11(8)6-12-7-13(11)9(14)15-10(2,3)4/h8,12H,5-7H2,1-4H3. The summed E-state index contributed by atoms with van der Waals surface area (Å²) < 4.78 is 5.39. The third-order valence-electron chi connectivity index (χ3n) is 3.27. The average Bonchev–Trinajstić information content (AvgIpc) is 2.56. The lowest BCUT2D eigenvalue weighted by Crippen LogP contribution is -2.43. The molecule has 1 spiro atoms. The Hall–Kier alpha value is -0.770. The lowest BCUT2D eigenvalue weighted by molar-refractivity contribution is 0.0195. The monoisotopic (exact) mass is 212 g/mol. The summed E-state index contributed by atoms with van der Waals surface area (Å²) in [7, 11) is 0. The second-order valence-corrected chi connectivity index (χ2v) is 5.70. The van der Waals surface area contributed by atoms with Crippen molar-refractivity contribution in [1.29, 1.82) is 0 Å². The zero-order valence-electron chi connectivity index (χ0n) is 9.96.